The Bertz CT molecular complexity index is 1070. The molecule has 1 unspecified atom stereocenters. The SMILES string of the molecule is COc1ccc(C(=O)CC2(O)C(=O)N(CN3CCOCC3)c3ccccc32)cc1[N+](=O)[O-]. The number of nitro benzene ring substituents is 1. The molecule has 1 saturated heterocycles. The smallest absolute Gasteiger partial charge is 0.311 e. The molecule has 0 saturated carbocycles. The van der Waals surface area contributed by atoms with Crippen LogP contribution in [-0.4, -0.2) is 66.7 Å². The van der Waals surface area contributed by atoms with Gasteiger partial charge in [0, 0.05) is 30.3 Å². The molecule has 2 aromatic carbocycles. The van der Waals surface area contributed by atoms with Crippen molar-refractivity contribution in [3.8, 4) is 5.75 Å². The number of ketones is 1. The van der Waals surface area contributed by atoms with Crippen molar-refractivity contribution in [3.63, 3.8) is 0 Å². The number of fused-ring (bicyclic) bond motifs is 1. The van der Waals surface area contributed by atoms with Crippen LogP contribution in [0, 0.1) is 10.1 Å². The van der Waals surface area contributed by atoms with E-state index in [4.69, 9.17) is 9.47 Å². The number of carbonyl (C=O) groups is 2. The van der Waals surface area contributed by atoms with Crippen LogP contribution < -0.4 is 9.64 Å². The van der Waals surface area contributed by atoms with Gasteiger partial charge in [-0.05, 0) is 18.2 Å². The van der Waals surface area contributed by atoms with Crippen LogP contribution in [-0.2, 0) is 15.1 Å². The standard InChI is InChI=1S/C22H23N3O7/c1-31-20-7-6-15(12-18(20)25(29)30)19(26)13-22(28)16-4-2-3-5-17(16)24(21(22)27)14-23-8-10-32-11-9-23/h2-7,12,28H,8-11,13-14H2,1H3. The molecule has 0 spiro atoms. The number of hydrogen-bond acceptors (Lipinski definition) is 8. The lowest BCUT2D eigenvalue weighted by Gasteiger charge is -2.31. The van der Waals surface area contributed by atoms with Crippen molar-refractivity contribution in [1.82, 2.24) is 4.90 Å². The van der Waals surface area contributed by atoms with Gasteiger partial charge in [0.05, 0.1) is 44.0 Å². The third kappa shape index (κ3) is 3.83. The van der Waals surface area contributed by atoms with Crippen molar-refractivity contribution >= 4 is 23.1 Å². The average molecular weight is 441 g/mol. The van der Waals surface area contributed by atoms with E-state index in [1.54, 1.807) is 24.3 Å². The van der Waals surface area contributed by atoms with Crippen LogP contribution in [0.25, 0.3) is 0 Å². The van der Waals surface area contributed by atoms with Gasteiger partial charge >= 0.3 is 5.69 Å². The zero-order chi connectivity index (χ0) is 22.9. The summed E-state index contributed by atoms with van der Waals surface area (Å²) < 4.78 is 10.3. The molecule has 1 fully saturated rings. The summed E-state index contributed by atoms with van der Waals surface area (Å²) in [5.74, 6) is -1.17. The number of amides is 1. The summed E-state index contributed by atoms with van der Waals surface area (Å²) in [6.07, 6.45) is -0.536. The van der Waals surface area contributed by atoms with Gasteiger partial charge < -0.3 is 14.6 Å². The monoisotopic (exact) mass is 441 g/mol. The van der Waals surface area contributed by atoms with Gasteiger partial charge in [-0.1, -0.05) is 18.2 Å². The molecule has 0 radical (unpaired) electrons. The molecular weight excluding hydrogens is 418 g/mol. The third-order valence-electron chi connectivity index (χ3n) is 5.80. The van der Waals surface area contributed by atoms with Crippen molar-refractivity contribution in [2.75, 3.05) is 45.0 Å². The molecular formula is C22H23N3O7. The van der Waals surface area contributed by atoms with E-state index in [1.165, 1.54) is 24.1 Å². The number of hydrogen-bond donors (Lipinski definition) is 1. The van der Waals surface area contributed by atoms with Crippen molar-refractivity contribution in [2.45, 2.75) is 12.0 Å². The maximum absolute atomic E-state index is 13.3. The molecule has 0 bridgehead atoms. The minimum absolute atomic E-state index is 0.0165. The molecule has 4 rings (SSSR count). The van der Waals surface area contributed by atoms with Gasteiger partial charge in [-0.2, -0.15) is 0 Å². The van der Waals surface area contributed by atoms with Crippen LogP contribution in [0.4, 0.5) is 11.4 Å². The lowest BCUT2D eigenvalue weighted by atomic mass is 9.88. The summed E-state index contributed by atoms with van der Waals surface area (Å²) in [6.45, 7) is 2.69. The fourth-order valence-electron chi connectivity index (χ4n) is 4.10. The van der Waals surface area contributed by atoms with Crippen LogP contribution in [0.15, 0.2) is 42.5 Å². The minimum atomic E-state index is -2.06. The van der Waals surface area contributed by atoms with Crippen molar-refractivity contribution < 1.29 is 29.1 Å². The average Bonchev–Trinajstić information content (AvgIpc) is 3.01. The van der Waals surface area contributed by atoms with E-state index in [1.807, 2.05) is 4.90 Å². The number of anilines is 1. The zero-order valence-electron chi connectivity index (χ0n) is 17.5. The summed E-state index contributed by atoms with van der Waals surface area (Å²) in [6, 6.07) is 10.6. The van der Waals surface area contributed by atoms with Gasteiger partial charge in [0.1, 0.15) is 0 Å². The van der Waals surface area contributed by atoms with E-state index in [9.17, 15) is 24.8 Å². The zero-order valence-corrected chi connectivity index (χ0v) is 17.5. The van der Waals surface area contributed by atoms with Crippen LogP contribution in [0.2, 0.25) is 0 Å². The molecule has 1 atom stereocenters. The van der Waals surface area contributed by atoms with Gasteiger partial charge in [0.2, 0.25) is 0 Å². The summed E-state index contributed by atoms with van der Waals surface area (Å²) in [4.78, 5) is 40.5. The van der Waals surface area contributed by atoms with E-state index < -0.39 is 28.6 Å². The summed E-state index contributed by atoms with van der Waals surface area (Å²) in [5.41, 5.74) is -1.52. The van der Waals surface area contributed by atoms with Gasteiger partial charge in [-0.25, -0.2) is 0 Å². The fraction of sp³-hybridized carbons (Fsp3) is 0.364. The number of carbonyl (C=O) groups excluding carboxylic acids is 2. The van der Waals surface area contributed by atoms with Crippen molar-refractivity contribution in [1.29, 1.82) is 0 Å². The Balaban J connectivity index is 1.63. The highest BCUT2D eigenvalue weighted by Gasteiger charge is 2.51. The van der Waals surface area contributed by atoms with Crippen LogP contribution in [0.3, 0.4) is 0 Å². The molecule has 2 heterocycles. The highest BCUT2D eigenvalue weighted by molar-refractivity contribution is 6.10. The van der Waals surface area contributed by atoms with Gasteiger partial charge in [0.25, 0.3) is 5.91 Å². The first kappa shape index (κ1) is 21.9. The molecule has 10 heteroatoms. The number of Topliss-reactive ketones (excluding diaryl/α,β-unsaturated/α-hetero) is 1. The Hall–Kier alpha value is -3.34. The van der Waals surface area contributed by atoms with Gasteiger partial charge in [-0.15, -0.1) is 0 Å². The van der Waals surface area contributed by atoms with Crippen LogP contribution in [0.1, 0.15) is 22.3 Å². The molecule has 1 amide bonds. The lowest BCUT2D eigenvalue weighted by molar-refractivity contribution is -0.385. The molecule has 0 aromatic heterocycles. The molecule has 2 aliphatic heterocycles. The highest BCUT2D eigenvalue weighted by Crippen LogP contribution is 2.43. The molecule has 1 N–H and O–H groups in total. The Kier molecular flexibility index (Phi) is 5.92. The van der Waals surface area contributed by atoms with E-state index >= 15 is 0 Å². The number of benzene rings is 2. The molecule has 168 valence electrons. The lowest BCUT2D eigenvalue weighted by Crippen LogP contribution is -2.49. The number of rotatable bonds is 7. The van der Waals surface area contributed by atoms with E-state index in [2.05, 4.69) is 0 Å². The van der Waals surface area contributed by atoms with Crippen LogP contribution >= 0.6 is 0 Å². The fourth-order valence-corrected chi connectivity index (χ4v) is 4.10. The number of nitrogens with zero attached hydrogens (tertiary/aromatic N) is 3. The van der Waals surface area contributed by atoms with E-state index in [-0.39, 0.29) is 23.7 Å². The number of aliphatic hydroxyl groups is 1. The Morgan fingerprint density at radius 1 is 1.25 bits per heavy atom. The quantitative estimate of drug-likeness (QED) is 0.391. The van der Waals surface area contributed by atoms with Crippen LogP contribution in [0.5, 0.6) is 5.75 Å². The Morgan fingerprint density at radius 2 is 1.97 bits per heavy atom. The summed E-state index contributed by atoms with van der Waals surface area (Å²) >= 11 is 0. The number of methoxy groups -OCH3 is 1. The molecule has 32 heavy (non-hydrogen) atoms. The second kappa shape index (κ2) is 8.65. The first-order valence-electron chi connectivity index (χ1n) is 10.1. The maximum Gasteiger partial charge on any atom is 0.311 e. The van der Waals surface area contributed by atoms with Crippen molar-refractivity contribution in [2.24, 2.45) is 0 Å². The first-order valence-corrected chi connectivity index (χ1v) is 10.1. The largest absolute Gasteiger partial charge is 0.490 e. The topological polar surface area (TPSA) is 122 Å². The summed E-state index contributed by atoms with van der Waals surface area (Å²) in [5, 5.41) is 22.7. The third-order valence-corrected chi connectivity index (χ3v) is 5.80. The summed E-state index contributed by atoms with van der Waals surface area (Å²) in [7, 11) is 1.30. The van der Waals surface area contributed by atoms with Crippen molar-refractivity contribution in [3.05, 3.63) is 63.7 Å². The number of nitro groups is 1. The van der Waals surface area contributed by atoms with E-state index in [0.717, 1.165) is 6.07 Å². The minimum Gasteiger partial charge on any atom is -0.490 e. The number of para-hydroxylation sites is 1. The Labute approximate surface area is 184 Å². The highest BCUT2D eigenvalue weighted by atomic mass is 16.6. The molecule has 2 aromatic rings. The first-order chi connectivity index (χ1) is 15.3. The normalized spacial score (nSPS) is 20.8. The van der Waals surface area contributed by atoms with E-state index in [0.29, 0.717) is 37.6 Å². The maximum atomic E-state index is 13.3. The van der Waals surface area contributed by atoms with Gasteiger partial charge in [0.15, 0.2) is 17.1 Å². The molecule has 10 nitrogen and oxygen atoms in total. The molecule has 0 aliphatic carbocycles. The predicted molar refractivity (Wildman–Crippen MR) is 114 cm³/mol. The second-order valence-electron chi connectivity index (χ2n) is 7.73. The number of ether oxygens (including phenoxy) is 2. The number of morpholine rings is 1. The predicted octanol–water partition coefficient (Wildman–Crippen LogP) is 1.70. The van der Waals surface area contributed by atoms with Gasteiger partial charge in [-0.3, -0.25) is 29.5 Å². The Morgan fingerprint density at radius 3 is 2.66 bits per heavy atom. The molecule has 2 aliphatic rings. The second-order valence-corrected chi connectivity index (χ2v) is 7.73.